The number of esters is 1. The quantitative estimate of drug-likeness (QED) is 0.447. The van der Waals surface area contributed by atoms with Crippen molar-refractivity contribution >= 4 is 23.5 Å². The molecule has 0 unspecified atom stereocenters. The summed E-state index contributed by atoms with van der Waals surface area (Å²) in [6, 6.07) is 0. The Hall–Kier alpha value is -1.30. The fourth-order valence-corrected chi connectivity index (χ4v) is 2.24. The van der Waals surface area contributed by atoms with Gasteiger partial charge in [0.05, 0.1) is 18.6 Å². The summed E-state index contributed by atoms with van der Waals surface area (Å²) >= 11 is 1.37. The number of hydrogen-bond donors (Lipinski definition) is 0. The van der Waals surface area contributed by atoms with E-state index in [2.05, 4.69) is 5.10 Å². The van der Waals surface area contributed by atoms with Crippen LogP contribution in [0.2, 0.25) is 0 Å². The zero-order valence-corrected chi connectivity index (χ0v) is 11.9. The summed E-state index contributed by atoms with van der Waals surface area (Å²) in [5, 5.41) is 4.01. The zero-order chi connectivity index (χ0) is 13.8. The normalized spacial score (nSPS) is 11.3. The summed E-state index contributed by atoms with van der Waals surface area (Å²) in [7, 11) is 1.81. The van der Waals surface area contributed by atoms with Crippen LogP contribution in [0.1, 0.15) is 20.8 Å². The third-order valence-electron chi connectivity index (χ3n) is 2.53. The van der Waals surface area contributed by atoms with Crippen molar-refractivity contribution in [3.05, 3.63) is 12.4 Å². The van der Waals surface area contributed by atoms with Crippen LogP contribution < -0.4 is 0 Å². The van der Waals surface area contributed by atoms with Crippen LogP contribution in [0.4, 0.5) is 0 Å². The third-order valence-corrected chi connectivity index (χ3v) is 3.48. The van der Waals surface area contributed by atoms with Crippen molar-refractivity contribution in [2.45, 2.75) is 25.7 Å². The molecule has 1 rings (SSSR count). The molecule has 18 heavy (non-hydrogen) atoms. The minimum Gasteiger partial charge on any atom is -0.465 e. The fourth-order valence-electron chi connectivity index (χ4n) is 1.23. The van der Waals surface area contributed by atoms with Gasteiger partial charge in [0.25, 0.3) is 0 Å². The number of aromatic nitrogens is 2. The molecule has 0 N–H and O–H groups in total. The number of rotatable bonds is 6. The Balaban J connectivity index is 2.56. The van der Waals surface area contributed by atoms with Crippen LogP contribution in [0, 0.1) is 5.41 Å². The molecule has 0 aromatic carbocycles. The predicted molar refractivity (Wildman–Crippen MR) is 69.4 cm³/mol. The van der Waals surface area contributed by atoms with Gasteiger partial charge in [0.1, 0.15) is 5.41 Å². The van der Waals surface area contributed by atoms with Gasteiger partial charge in [0.15, 0.2) is 5.78 Å². The molecule has 0 fully saturated rings. The maximum Gasteiger partial charge on any atom is 0.319 e. The van der Waals surface area contributed by atoms with Crippen LogP contribution in [-0.2, 0) is 21.4 Å². The molecule has 0 amide bonds. The second-order valence-corrected chi connectivity index (χ2v) is 5.46. The maximum absolute atomic E-state index is 12.0. The minimum absolute atomic E-state index is 0.144. The molecule has 1 heterocycles. The highest BCUT2D eigenvalue weighted by Crippen LogP contribution is 2.24. The van der Waals surface area contributed by atoms with Crippen LogP contribution in [0.5, 0.6) is 0 Å². The van der Waals surface area contributed by atoms with Gasteiger partial charge in [-0.1, -0.05) is 0 Å². The van der Waals surface area contributed by atoms with Gasteiger partial charge < -0.3 is 4.74 Å². The lowest BCUT2D eigenvalue weighted by Crippen LogP contribution is -2.36. The van der Waals surface area contributed by atoms with Gasteiger partial charge in [-0.05, 0) is 20.8 Å². The highest BCUT2D eigenvalue weighted by Gasteiger charge is 2.36. The van der Waals surface area contributed by atoms with Crippen LogP contribution in [0.3, 0.4) is 0 Å². The average Bonchev–Trinajstić information content (AvgIpc) is 2.72. The number of carbonyl (C=O) groups is 2. The Morgan fingerprint density at radius 2 is 2.17 bits per heavy atom. The number of nitrogens with zero attached hydrogens (tertiary/aromatic N) is 2. The first-order valence-electron chi connectivity index (χ1n) is 5.70. The molecular formula is C12H18N2O3S. The van der Waals surface area contributed by atoms with E-state index in [9.17, 15) is 9.59 Å². The predicted octanol–water partition coefficient (Wildman–Crippen LogP) is 1.67. The van der Waals surface area contributed by atoms with E-state index < -0.39 is 11.4 Å². The largest absolute Gasteiger partial charge is 0.465 e. The topological polar surface area (TPSA) is 61.2 Å². The molecule has 0 spiro atoms. The number of Topliss-reactive ketones (excluding diaryl/α,β-unsaturated/α-hetero) is 1. The molecule has 0 saturated carbocycles. The van der Waals surface area contributed by atoms with Gasteiger partial charge in [-0.15, -0.1) is 11.8 Å². The van der Waals surface area contributed by atoms with Crippen molar-refractivity contribution in [2.75, 3.05) is 12.4 Å². The molecule has 6 heteroatoms. The minimum atomic E-state index is -1.09. The molecule has 100 valence electrons. The molecule has 0 aliphatic rings. The second-order valence-electron chi connectivity index (χ2n) is 4.41. The van der Waals surface area contributed by atoms with E-state index in [1.165, 1.54) is 11.8 Å². The fraction of sp³-hybridized carbons (Fsp3) is 0.583. The molecule has 0 radical (unpaired) electrons. The van der Waals surface area contributed by atoms with E-state index in [4.69, 9.17) is 4.74 Å². The monoisotopic (exact) mass is 270 g/mol. The number of ketones is 1. The second kappa shape index (κ2) is 6.04. The van der Waals surface area contributed by atoms with Crippen molar-refractivity contribution in [3.63, 3.8) is 0 Å². The van der Waals surface area contributed by atoms with Crippen molar-refractivity contribution in [1.29, 1.82) is 0 Å². The Bertz CT molecular complexity index is 440. The molecule has 1 aromatic heterocycles. The Morgan fingerprint density at radius 1 is 1.50 bits per heavy atom. The lowest BCUT2D eigenvalue weighted by atomic mass is 9.89. The third kappa shape index (κ3) is 3.60. The average molecular weight is 270 g/mol. The summed E-state index contributed by atoms with van der Waals surface area (Å²) in [5.74, 6) is -0.381. The zero-order valence-electron chi connectivity index (χ0n) is 11.1. The summed E-state index contributed by atoms with van der Waals surface area (Å²) in [6.07, 6.45) is 3.52. The Kier molecular flexibility index (Phi) is 4.95. The van der Waals surface area contributed by atoms with Gasteiger partial charge >= 0.3 is 5.97 Å². The van der Waals surface area contributed by atoms with Gasteiger partial charge in [0, 0.05) is 18.1 Å². The summed E-state index contributed by atoms with van der Waals surface area (Å²) < 4.78 is 6.57. The van der Waals surface area contributed by atoms with E-state index in [0.29, 0.717) is 0 Å². The highest BCUT2D eigenvalue weighted by atomic mass is 32.2. The number of ether oxygens (including phenoxy) is 1. The number of aryl methyl sites for hydroxylation is 1. The van der Waals surface area contributed by atoms with Crippen LogP contribution in [0.25, 0.3) is 0 Å². The van der Waals surface area contributed by atoms with Crippen LogP contribution in [-0.4, -0.2) is 33.9 Å². The SMILES string of the molecule is CCOC(=O)C(C)(C)C(=O)CSc1cnn(C)c1. The van der Waals surface area contributed by atoms with Gasteiger partial charge in [-0.3, -0.25) is 14.3 Å². The van der Waals surface area contributed by atoms with Crippen molar-refractivity contribution < 1.29 is 14.3 Å². The van der Waals surface area contributed by atoms with E-state index in [1.807, 2.05) is 13.2 Å². The van der Waals surface area contributed by atoms with E-state index in [1.54, 1.807) is 31.6 Å². The summed E-state index contributed by atoms with van der Waals surface area (Å²) in [5.41, 5.74) is -1.09. The van der Waals surface area contributed by atoms with Crippen molar-refractivity contribution in [3.8, 4) is 0 Å². The summed E-state index contributed by atoms with van der Waals surface area (Å²) in [6.45, 7) is 5.20. The molecular weight excluding hydrogens is 252 g/mol. The Morgan fingerprint density at radius 3 is 2.67 bits per heavy atom. The highest BCUT2D eigenvalue weighted by molar-refractivity contribution is 8.00. The summed E-state index contributed by atoms with van der Waals surface area (Å²) in [4.78, 5) is 24.6. The lowest BCUT2D eigenvalue weighted by Gasteiger charge is -2.20. The van der Waals surface area contributed by atoms with Crippen LogP contribution >= 0.6 is 11.8 Å². The Labute approximate surface area is 111 Å². The molecule has 0 aliphatic carbocycles. The molecule has 5 nitrogen and oxygen atoms in total. The first-order valence-corrected chi connectivity index (χ1v) is 6.68. The van der Waals surface area contributed by atoms with Crippen LogP contribution in [0.15, 0.2) is 17.3 Å². The lowest BCUT2D eigenvalue weighted by molar-refractivity contribution is -0.157. The molecule has 0 saturated heterocycles. The molecule has 0 aliphatic heterocycles. The van der Waals surface area contributed by atoms with Gasteiger partial charge in [-0.25, -0.2) is 0 Å². The first-order chi connectivity index (χ1) is 8.37. The van der Waals surface area contributed by atoms with Crippen molar-refractivity contribution in [2.24, 2.45) is 12.5 Å². The number of thioether (sulfide) groups is 1. The van der Waals surface area contributed by atoms with Crippen molar-refractivity contribution in [1.82, 2.24) is 9.78 Å². The number of carbonyl (C=O) groups excluding carboxylic acids is 2. The molecule has 0 bridgehead atoms. The standard InChI is InChI=1S/C12H18N2O3S/c1-5-17-11(16)12(2,3)10(15)8-18-9-6-13-14(4)7-9/h6-7H,5,8H2,1-4H3. The molecule has 1 aromatic rings. The van der Waals surface area contributed by atoms with Gasteiger partial charge in [0.2, 0.25) is 0 Å². The van der Waals surface area contributed by atoms with E-state index in [-0.39, 0.29) is 18.1 Å². The van der Waals surface area contributed by atoms with E-state index in [0.717, 1.165) is 4.90 Å². The molecule has 0 atom stereocenters. The smallest absolute Gasteiger partial charge is 0.319 e. The van der Waals surface area contributed by atoms with E-state index >= 15 is 0 Å². The van der Waals surface area contributed by atoms with Gasteiger partial charge in [-0.2, -0.15) is 5.10 Å². The maximum atomic E-state index is 12.0. The number of hydrogen-bond acceptors (Lipinski definition) is 5. The first kappa shape index (κ1) is 14.8.